The first kappa shape index (κ1) is 17.2. The second-order valence-corrected chi connectivity index (χ2v) is 9.21. The van der Waals surface area contributed by atoms with Gasteiger partial charge in [-0.05, 0) is 44.9 Å². The van der Waals surface area contributed by atoms with Crippen LogP contribution in [0.5, 0.6) is 0 Å². The highest BCUT2D eigenvalue weighted by molar-refractivity contribution is 7.91. The quantitative estimate of drug-likeness (QED) is 0.923. The zero-order valence-corrected chi connectivity index (χ0v) is 15.2. The minimum atomic E-state index is -2.85. The highest BCUT2D eigenvalue weighted by Crippen LogP contribution is 2.20. The Morgan fingerprint density at radius 1 is 1.17 bits per heavy atom. The van der Waals surface area contributed by atoms with Crippen LogP contribution in [0.1, 0.15) is 29.7 Å². The Labute approximate surface area is 142 Å². The summed E-state index contributed by atoms with van der Waals surface area (Å²) < 4.78 is 23.1. The van der Waals surface area contributed by atoms with E-state index in [0.717, 1.165) is 27.7 Å². The molecule has 5 nitrogen and oxygen atoms in total. The fourth-order valence-electron chi connectivity index (χ4n) is 3.52. The highest BCUT2D eigenvalue weighted by Gasteiger charge is 2.26. The van der Waals surface area contributed by atoms with E-state index in [1.807, 2.05) is 33.0 Å². The maximum Gasteiger partial charge on any atom is 0.189 e. The molecule has 1 fully saturated rings. The molecule has 1 aromatic carbocycles. The number of fused-ring (bicyclic) bond motifs is 1. The summed E-state index contributed by atoms with van der Waals surface area (Å²) >= 11 is 0. The summed E-state index contributed by atoms with van der Waals surface area (Å²) in [5, 5.41) is 0.755. The van der Waals surface area contributed by atoms with Crippen LogP contribution in [0.2, 0.25) is 0 Å². The molecule has 1 aromatic heterocycles. The number of pyridine rings is 1. The van der Waals surface area contributed by atoms with Crippen LogP contribution in [-0.4, -0.2) is 42.9 Å². The van der Waals surface area contributed by atoms with Gasteiger partial charge in [-0.15, -0.1) is 0 Å². The molecule has 0 aliphatic carbocycles. The lowest BCUT2D eigenvalue weighted by molar-refractivity contribution is 0.216. The van der Waals surface area contributed by atoms with E-state index in [4.69, 9.17) is 0 Å². The lowest BCUT2D eigenvalue weighted by atomic mass is 10.0. The number of nitrogens with zero attached hydrogens (tertiary/aromatic N) is 1. The number of hydrogen-bond acceptors (Lipinski definition) is 4. The van der Waals surface area contributed by atoms with Crippen LogP contribution in [0.15, 0.2) is 23.0 Å². The Hall–Kier alpha value is -1.66. The van der Waals surface area contributed by atoms with Crippen LogP contribution in [0.4, 0.5) is 0 Å². The standard InChI is InChI=1S/C18H24N2O3S/c1-12-4-5-13(2)18-17(12)16(21)10-14(19-18)11-20(3)15-6-8-24(22,23)9-7-15/h4-5,10,15H,6-9,11H2,1-3H3,(H,19,21). The molecule has 24 heavy (non-hydrogen) atoms. The zero-order chi connectivity index (χ0) is 17.5. The second-order valence-electron chi connectivity index (χ2n) is 6.91. The number of nitrogens with one attached hydrogen (secondary N) is 1. The largest absolute Gasteiger partial charge is 0.357 e. The van der Waals surface area contributed by atoms with Crippen molar-refractivity contribution >= 4 is 20.7 Å². The predicted octanol–water partition coefficient (Wildman–Crippen LogP) is 2.15. The maximum atomic E-state index is 12.5. The van der Waals surface area contributed by atoms with Crippen molar-refractivity contribution in [2.75, 3.05) is 18.6 Å². The van der Waals surface area contributed by atoms with Crippen molar-refractivity contribution in [3.8, 4) is 0 Å². The topological polar surface area (TPSA) is 70.2 Å². The molecule has 3 rings (SSSR count). The monoisotopic (exact) mass is 348 g/mol. The third-order valence-corrected chi connectivity index (χ3v) is 6.74. The van der Waals surface area contributed by atoms with E-state index >= 15 is 0 Å². The molecule has 2 heterocycles. The van der Waals surface area contributed by atoms with Gasteiger partial charge in [0.1, 0.15) is 9.84 Å². The Morgan fingerprint density at radius 3 is 2.46 bits per heavy atom. The average Bonchev–Trinajstić information content (AvgIpc) is 2.50. The Morgan fingerprint density at radius 2 is 1.79 bits per heavy atom. The van der Waals surface area contributed by atoms with Crippen LogP contribution in [0.3, 0.4) is 0 Å². The predicted molar refractivity (Wildman–Crippen MR) is 97.2 cm³/mol. The van der Waals surface area contributed by atoms with E-state index in [2.05, 4.69) is 9.88 Å². The molecule has 0 atom stereocenters. The summed E-state index contributed by atoms with van der Waals surface area (Å²) in [6, 6.07) is 5.91. The van der Waals surface area contributed by atoms with Gasteiger partial charge < -0.3 is 4.98 Å². The third-order valence-electron chi connectivity index (χ3n) is 5.03. The molecule has 0 radical (unpaired) electrons. The van der Waals surface area contributed by atoms with E-state index in [0.29, 0.717) is 19.4 Å². The molecule has 1 aliphatic rings. The van der Waals surface area contributed by atoms with Crippen molar-refractivity contribution < 1.29 is 8.42 Å². The summed E-state index contributed by atoms with van der Waals surface area (Å²) in [5.41, 5.74) is 3.85. The SMILES string of the molecule is Cc1ccc(C)c2c(=O)cc(CN(C)C3CCS(=O)(=O)CC3)[nH]c12. The van der Waals surface area contributed by atoms with Crippen molar-refractivity contribution in [2.24, 2.45) is 0 Å². The lowest BCUT2D eigenvalue weighted by Crippen LogP contribution is -2.38. The first-order valence-corrected chi connectivity index (χ1v) is 10.1. The van der Waals surface area contributed by atoms with E-state index in [9.17, 15) is 13.2 Å². The number of aryl methyl sites for hydroxylation is 2. The summed E-state index contributed by atoms with van der Waals surface area (Å²) in [5.74, 6) is 0.517. The van der Waals surface area contributed by atoms with Gasteiger partial charge >= 0.3 is 0 Å². The number of sulfone groups is 1. The van der Waals surface area contributed by atoms with E-state index in [1.54, 1.807) is 6.07 Å². The van der Waals surface area contributed by atoms with Crippen LogP contribution < -0.4 is 5.43 Å². The molecule has 0 spiro atoms. The van der Waals surface area contributed by atoms with Gasteiger partial charge in [-0.25, -0.2) is 8.42 Å². The van der Waals surface area contributed by atoms with Crippen LogP contribution >= 0.6 is 0 Å². The summed E-state index contributed by atoms with van der Waals surface area (Å²) in [7, 11) is -0.858. The van der Waals surface area contributed by atoms with Crippen LogP contribution in [-0.2, 0) is 16.4 Å². The Kier molecular flexibility index (Phi) is 4.53. The Balaban J connectivity index is 1.86. The first-order chi connectivity index (χ1) is 11.3. The third kappa shape index (κ3) is 3.39. The normalized spacial score (nSPS) is 18.3. The second kappa shape index (κ2) is 6.33. The highest BCUT2D eigenvalue weighted by atomic mass is 32.2. The molecule has 1 saturated heterocycles. The van der Waals surface area contributed by atoms with Crippen molar-refractivity contribution in [3.05, 3.63) is 45.2 Å². The summed E-state index contributed by atoms with van der Waals surface area (Å²) in [6.45, 7) is 4.56. The summed E-state index contributed by atoms with van der Waals surface area (Å²) in [6.07, 6.45) is 1.32. The van der Waals surface area contributed by atoms with E-state index in [1.165, 1.54) is 0 Å². The van der Waals surface area contributed by atoms with Crippen molar-refractivity contribution in [1.29, 1.82) is 0 Å². The molecule has 1 N–H and O–H groups in total. The molecular weight excluding hydrogens is 324 g/mol. The van der Waals surface area contributed by atoms with Gasteiger partial charge in [0.05, 0.1) is 17.0 Å². The molecule has 6 heteroatoms. The minimum absolute atomic E-state index is 0.0413. The van der Waals surface area contributed by atoms with Gasteiger partial charge in [-0.3, -0.25) is 9.69 Å². The molecule has 0 unspecified atom stereocenters. The average molecular weight is 348 g/mol. The number of aromatic amines is 1. The van der Waals surface area contributed by atoms with E-state index in [-0.39, 0.29) is 23.0 Å². The number of hydrogen-bond donors (Lipinski definition) is 1. The molecule has 1 aliphatic heterocycles. The molecule has 0 bridgehead atoms. The molecule has 0 saturated carbocycles. The van der Waals surface area contributed by atoms with E-state index < -0.39 is 9.84 Å². The van der Waals surface area contributed by atoms with Gasteiger partial charge in [0.2, 0.25) is 0 Å². The maximum absolute atomic E-state index is 12.5. The lowest BCUT2D eigenvalue weighted by Gasteiger charge is -2.31. The van der Waals surface area contributed by atoms with Crippen molar-refractivity contribution in [3.63, 3.8) is 0 Å². The van der Waals surface area contributed by atoms with Crippen LogP contribution in [0, 0.1) is 13.8 Å². The van der Waals surface area contributed by atoms with Gasteiger partial charge in [-0.2, -0.15) is 0 Å². The fourth-order valence-corrected chi connectivity index (χ4v) is 4.98. The van der Waals surface area contributed by atoms with Crippen LogP contribution in [0.25, 0.3) is 10.9 Å². The number of benzene rings is 1. The summed E-state index contributed by atoms with van der Waals surface area (Å²) in [4.78, 5) is 18.1. The first-order valence-electron chi connectivity index (χ1n) is 8.29. The smallest absolute Gasteiger partial charge is 0.189 e. The van der Waals surface area contributed by atoms with Crippen molar-refractivity contribution in [2.45, 2.75) is 39.3 Å². The van der Waals surface area contributed by atoms with Gasteiger partial charge in [0, 0.05) is 29.7 Å². The number of H-pyrrole nitrogens is 1. The van der Waals surface area contributed by atoms with Crippen molar-refractivity contribution in [1.82, 2.24) is 9.88 Å². The van der Waals surface area contributed by atoms with Gasteiger partial charge in [0.15, 0.2) is 5.43 Å². The molecule has 2 aromatic rings. The molecule has 130 valence electrons. The van der Waals surface area contributed by atoms with Gasteiger partial charge in [-0.1, -0.05) is 12.1 Å². The number of aromatic nitrogens is 1. The minimum Gasteiger partial charge on any atom is -0.357 e. The number of rotatable bonds is 3. The Bertz CT molecular complexity index is 917. The molecule has 0 amide bonds. The molecular formula is C18H24N2O3S. The fraction of sp³-hybridized carbons (Fsp3) is 0.500. The zero-order valence-electron chi connectivity index (χ0n) is 14.4. The van der Waals surface area contributed by atoms with Gasteiger partial charge in [0.25, 0.3) is 0 Å².